The first-order valence-corrected chi connectivity index (χ1v) is 6.80. The number of methoxy groups -OCH3 is 2. The van der Waals surface area contributed by atoms with Crippen molar-refractivity contribution < 1.29 is 14.3 Å². The van der Waals surface area contributed by atoms with Crippen LogP contribution in [-0.2, 0) is 4.79 Å². The summed E-state index contributed by atoms with van der Waals surface area (Å²) in [4.78, 5) is 12.1. The molecule has 0 aliphatic heterocycles. The number of ether oxygens (including phenoxy) is 2. The second-order valence-electron chi connectivity index (χ2n) is 3.96. The molecule has 1 aromatic carbocycles. The first-order chi connectivity index (χ1) is 8.53. The molecule has 1 unspecified atom stereocenters. The Hall–Kier alpha value is -1.20. The van der Waals surface area contributed by atoms with Crippen LogP contribution in [0.1, 0.15) is 24.9 Å². The molecule has 0 radical (unpaired) electrons. The van der Waals surface area contributed by atoms with Crippen molar-refractivity contribution >= 4 is 17.5 Å². The lowest BCUT2D eigenvalue weighted by Crippen LogP contribution is -2.15. The Morgan fingerprint density at radius 3 is 2.39 bits per heavy atom. The molecule has 0 saturated heterocycles. The lowest BCUT2D eigenvalue weighted by atomic mass is 10.0. The van der Waals surface area contributed by atoms with Crippen molar-refractivity contribution in [2.75, 3.05) is 20.5 Å². The van der Waals surface area contributed by atoms with Gasteiger partial charge in [-0.2, -0.15) is 0 Å². The molecule has 0 heterocycles. The van der Waals surface area contributed by atoms with Crippen LogP contribution < -0.4 is 15.2 Å². The highest BCUT2D eigenvalue weighted by atomic mass is 32.2. The molecule has 100 valence electrons. The smallest absolute Gasteiger partial charge is 0.133 e. The summed E-state index contributed by atoms with van der Waals surface area (Å²) in [6.45, 7) is 1.53. The number of thioether (sulfide) groups is 1. The molecule has 5 heteroatoms. The van der Waals surface area contributed by atoms with Crippen LogP contribution in [0.5, 0.6) is 11.5 Å². The predicted molar refractivity (Wildman–Crippen MR) is 73.6 cm³/mol. The minimum atomic E-state index is -0.373. The van der Waals surface area contributed by atoms with Crippen molar-refractivity contribution in [2.45, 2.75) is 24.3 Å². The molecule has 0 aromatic heterocycles. The molecular formula is C13H19NO3S. The maximum atomic E-state index is 11.1. The van der Waals surface area contributed by atoms with Gasteiger partial charge in [-0.3, -0.25) is 4.79 Å². The van der Waals surface area contributed by atoms with Gasteiger partial charge in [-0.05, 0) is 25.3 Å². The van der Waals surface area contributed by atoms with Gasteiger partial charge in [0.05, 0.1) is 19.1 Å². The number of Topliss-reactive ketones (excluding diaryl/α,β-unsaturated/α-hetero) is 1. The molecule has 2 N–H and O–H groups in total. The van der Waals surface area contributed by atoms with Crippen molar-refractivity contribution in [1.82, 2.24) is 0 Å². The number of carbonyl (C=O) groups excluding carboxylic acids is 1. The van der Waals surface area contributed by atoms with E-state index in [1.165, 1.54) is 6.92 Å². The van der Waals surface area contributed by atoms with Crippen molar-refractivity contribution in [3.8, 4) is 11.5 Å². The van der Waals surface area contributed by atoms with Crippen LogP contribution in [0, 0.1) is 0 Å². The first-order valence-electron chi connectivity index (χ1n) is 5.58. The molecule has 1 aromatic rings. The Kier molecular flexibility index (Phi) is 5.50. The summed E-state index contributed by atoms with van der Waals surface area (Å²) < 4.78 is 10.6. The van der Waals surface area contributed by atoms with Crippen LogP contribution in [0.15, 0.2) is 17.0 Å². The predicted octanol–water partition coefficient (Wildman–Crippen LogP) is 2.40. The lowest BCUT2D eigenvalue weighted by Gasteiger charge is -2.17. The number of nitrogens with two attached hydrogens (primary N) is 1. The summed E-state index contributed by atoms with van der Waals surface area (Å²) in [5, 5.41) is 0. The van der Waals surface area contributed by atoms with Crippen LogP contribution >= 0.6 is 11.8 Å². The summed E-state index contributed by atoms with van der Waals surface area (Å²) >= 11 is 1.57. The van der Waals surface area contributed by atoms with Gasteiger partial charge in [-0.25, -0.2) is 0 Å². The maximum Gasteiger partial charge on any atom is 0.133 e. The molecular weight excluding hydrogens is 250 g/mol. The van der Waals surface area contributed by atoms with Crippen LogP contribution in [0.3, 0.4) is 0 Å². The summed E-state index contributed by atoms with van der Waals surface area (Å²) in [6, 6.07) is 3.36. The zero-order valence-corrected chi connectivity index (χ0v) is 12.0. The SMILES string of the molecule is COc1cc(C(N)CC(C)=O)c(OC)cc1SC. The summed E-state index contributed by atoms with van der Waals surface area (Å²) in [5.41, 5.74) is 6.82. The molecule has 0 aliphatic rings. The first kappa shape index (κ1) is 14.9. The molecule has 0 saturated carbocycles. The van der Waals surface area contributed by atoms with Crippen molar-refractivity contribution in [3.05, 3.63) is 17.7 Å². The van der Waals surface area contributed by atoms with Crippen LogP contribution in [0.4, 0.5) is 0 Å². The number of hydrogen-bond acceptors (Lipinski definition) is 5. The van der Waals surface area contributed by atoms with Crippen molar-refractivity contribution in [3.63, 3.8) is 0 Å². The normalized spacial score (nSPS) is 12.1. The third kappa shape index (κ3) is 3.40. The van der Waals surface area contributed by atoms with E-state index < -0.39 is 0 Å². The van der Waals surface area contributed by atoms with Gasteiger partial charge in [0, 0.05) is 18.0 Å². The molecule has 4 nitrogen and oxygen atoms in total. The standard InChI is InChI=1S/C13H19NO3S/c1-8(15)5-10(14)9-6-12(17-3)13(18-4)7-11(9)16-2/h6-7,10H,5,14H2,1-4H3. The molecule has 18 heavy (non-hydrogen) atoms. The summed E-state index contributed by atoms with van der Waals surface area (Å²) in [6.07, 6.45) is 2.25. The van der Waals surface area contributed by atoms with Crippen molar-refractivity contribution in [1.29, 1.82) is 0 Å². The average Bonchev–Trinajstić information content (AvgIpc) is 2.36. The molecule has 0 amide bonds. The van der Waals surface area contributed by atoms with Gasteiger partial charge in [-0.1, -0.05) is 0 Å². The zero-order valence-electron chi connectivity index (χ0n) is 11.1. The number of rotatable bonds is 6. The Balaban J connectivity index is 3.20. The van der Waals surface area contributed by atoms with Gasteiger partial charge in [0.25, 0.3) is 0 Å². The van der Waals surface area contributed by atoms with Gasteiger partial charge in [0.2, 0.25) is 0 Å². The molecule has 0 aliphatic carbocycles. The Bertz CT molecular complexity index is 434. The highest BCUT2D eigenvalue weighted by Gasteiger charge is 2.17. The molecule has 0 fully saturated rings. The summed E-state index contributed by atoms with van der Waals surface area (Å²) in [5.74, 6) is 1.49. The lowest BCUT2D eigenvalue weighted by molar-refractivity contribution is -0.117. The average molecular weight is 269 g/mol. The zero-order chi connectivity index (χ0) is 13.7. The van der Waals surface area contributed by atoms with Crippen LogP contribution in [0.2, 0.25) is 0 Å². The minimum Gasteiger partial charge on any atom is -0.496 e. The number of benzene rings is 1. The van der Waals surface area contributed by atoms with E-state index in [4.69, 9.17) is 15.2 Å². The summed E-state index contributed by atoms with van der Waals surface area (Å²) in [7, 11) is 3.21. The Morgan fingerprint density at radius 2 is 1.94 bits per heavy atom. The van der Waals surface area contributed by atoms with Crippen molar-refractivity contribution in [2.24, 2.45) is 5.73 Å². The molecule has 0 bridgehead atoms. The Labute approximate surface area is 112 Å². The van der Waals surface area contributed by atoms with Gasteiger partial charge in [0.15, 0.2) is 0 Å². The number of ketones is 1. The van der Waals surface area contributed by atoms with E-state index in [1.807, 2.05) is 18.4 Å². The Morgan fingerprint density at radius 1 is 1.33 bits per heavy atom. The van der Waals surface area contributed by atoms with Crippen LogP contribution in [0.25, 0.3) is 0 Å². The number of carbonyl (C=O) groups is 1. The fourth-order valence-corrected chi connectivity index (χ4v) is 2.33. The highest BCUT2D eigenvalue weighted by Crippen LogP contribution is 2.37. The van der Waals surface area contributed by atoms with E-state index in [-0.39, 0.29) is 18.2 Å². The second-order valence-corrected chi connectivity index (χ2v) is 4.81. The molecule has 1 atom stereocenters. The quantitative estimate of drug-likeness (QED) is 0.803. The van der Waals surface area contributed by atoms with Gasteiger partial charge in [-0.15, -0.1) is 11.8 Å². The van der Waals surface area contributed by atoms with E-state index in [2.05, 4.69) is 0 Å². The van der Waals surface area contributed by atoms with E-state index in [0.29, 0.717) is 5.75 Å². The minimum absolute atomic E-state index is 0.0532. The van der Waals surface area contributed by atoms with Gasteiger partial charge in [0.1, 0.15) is 17.3 Å². The molecule has 1 rings (SSSR count). The third-order valence-electron chi connectivity index (χ3n) is 2.64. The van der Waals surface area contributed by atoms with Crippen LogP contribution in [-0.4, -0.2) is 26.3 Å². The third-order valence-corrected chi connectivity index (χ3v) is 3.40. The number of hydrogen-bond donors (Lipinski definition) is 1. The second kappa shape index (κ2) is 6.66. The van der Waals surface area contributed by atoms with E-state index in [9.17, 15) is 4.79 Å². The fourth-order valence-electron chi connectivity index (χ4n) is 1.76. The maximum absolute atomic E-state index is 11.1. The van der Waals surface area contributed by atoms with Gasteiger partial charge < -0.3 is 15.2 Å². The largest absolute Gasteiger partial charge is 0.496 e. The van der Waals surface area contributed by atoms with E-state index in [0.717, 1.165) is 16.2 Å². The molecule has 0 spiro atoms. The topological polar surface area (TPSA) is 61.5 Å². The van der Waals surface area contributed by atoms with E-state index >= 15 is 0 Å². The monoisotopic (exact) mass is 269 g/mol. The van der Waals surface area contributed by atoms with Gasteiger partial charge >= 0.3 is 0 Å². The highest BCUT2D eigenvalue weighted by molar-refractivity contribution is 7.98. The fraction of sp³-hybridized carbons (Fsp3) is 0.462. The van der Waals surface area contributed by atoms with E-state index in [1.54, 1.807) is 26.0 Å².